The lowest BCUT2D eigenvalue weighted by Crippen LogP contribution is -2.28. The van der Waals surface area contributed by atoms with Gasteiger partial charge in [-0.05, 0) is 24.6 Å². The van der Waals surface area contributed by atoms with Crippen molar-refractivity contribution < 1.29 is 9.84 Å². The Bertz CT molecular complexity index is 336. The van der Waals surface area contributed by atoms with Gasteiger partial charge in [0.15, 0.2) is 0 Å². The van der Waals surface area contributed by atoms with Crippen molar-refractivity contribution in [1.29, 1.82) is 0 Å². The Kier molecular flexibility index (Phi) is 2.33. The van der Waals surface area contributed by atoms with Gasteiger partial charge in [-0.15, -0.1) is 0 Å². The van der Waals surface area contributed by atoms with E-state index in [2.05, 4.69) is 4.90 Å². The normalized spacial score (nSPS) is 17.2. The average molecular weight is 193 g/mol. The number of anilines is 1. The average Bonchev–Trinajstić information content (AvgIpc) is 2.18. The van der Waals surface area contributed by atoms with Crippen LogP contribution in [0, 0.1) is 0 Å². The lowest BCUT2D eigenvalue weighted by atomic mass is 10.1. The summed E-state index contributed by atoms with van der Waals surface area (Å²) >= 11 is 0. The predicted molar refractivity (Wildman–Crippen MR) is 55.8 cm³/mol. The molecule has 0 aliphatic carbocycles. The van der Waals surface area contributed by atoms with E-state index in [0.717, 1.165) is 30.2 Å². The Balaban J connectivity index is 2.41. The molecule has 0 spiro atoms. The number of hydrogen-bond acceptors (Lipinski definition) is 3. The summed E-state index contributed by atoms with van der Waals surface area (Å²) < 4.78 is 5.51. The maximum absolute atomic E-state index is 9.45. The summed E-state index contributed by atoms with van der Waals surface area (Å²) in [4.78, 5) is 2.14. The highest BCUT2D eigenvalue weighted by Gasteiger charge is 2.15. The van der Waals surface area contributed by atoms with Crippen LogP contribution in [0.1, 0.15) is 18.6 Å². The Morgan fingerprint density at radius 2 is 2.29 bits per heavy atom. The third kappa shape index (κ3) is 1.55. The minimum Gasteiger partial charge on any atom is -0.490 e. The molecule has 3 nitrogen and oxygen atoms in total. The van der Waals surface area contributed by atoms with Crippen LogP contribution in [0.15, 0.2) is 18.2 Å². The lowest BCUT2D eigenvalue weighted by molar-refractivity contribution is 0.199. The van der Waals surface area contributed by atoms with Crippen molar-refractivity contribution in [2.75, 3.05) is 25.1 Å². The summed E-state index contributed by atoms with van der Waals surface area (Å²) in [6.07, 6.45) is -0.421. The monoisotopic (exact) mass is 193 g/mol. The number of fused-ring (bicyclic) bond motifs is 1. The lowest BCUT2D eigenvalue weighted by Gasteiger charge is -2.28. The zero-order chi connectivity index (χ0) is 10.1. The summed E-state index contributed by atoms with van der Waals surface area (Å²) in [7, 11) is 2.03. The van der Waals surface area contributed by atoms with Crippen molar-refractivity contribution in [3.05, 3.63) is 23.8 Å². The van der Waals surface area contributed by atoms with Gasteiger partial charge in [0.25, 0.3) is 0 Å². The van der Waals surface area contributed by atoms with E-state index in [1.54, 1.807) is 6.92 Å². The van der Waals surface area contributed by atoms with E-state index in [0.29, 0.717) is 0 Å². The summed E-state index contributed by atoms with van der Waals surface area (Å²) in [6.45, 7) is 3.40. The van der Waals surface area contributed by atoms with Crippen molar-refractivity contribution in [3.63, 3.8) is 0 Å². The SMILES string of the molecule is CC(O)c1ccc2c(c1)N(C)CCO2. The van der Waals surface area contributed by atoms with Gasteiger partial charge in [-0.2, -0.15) is 0 Å². The van der Waals surface area contributed by atoms with Crippen LogP contribution in [-0.4, -0.2) is 25.3 Å². The van der Waals surface area contributed by atoms with Gasteiger partial charge in [-0.1, -0.05) is 6.07 Å². The summed E-state index contributed by atoms with van der Waals surface area (Å²) in [6, 6.07) is 5.81. The topological polar surface area (TPSA) is 32.7 Å². The molecule has 0 radical (unpaired) electrons. The van der Waals surface area contributed by atoms with Crippen LogP contribution in [-0.2, 0) is 0 Å². The maximum atomic E-state index is 9.45. The minimum absolute atomic E-state index is 0.421. The quantitative estimate of drug-likeness (QED) is 0.734. The molecule has 0 bridgehead atoms. The van der Waals surface area contributed by atoms with Crippen LogP contribution in [0.25, 0.3) is 0 Å². The first kappa shape index (κ1) is 9.34. The van der Waals surface area contributed by atoms with Gasteiger partial charge in [0.2, 0.25) is 0 Å². The predicted octanol–water partition coefficient (Wildman–Crippen LogP) is 1.57. The molecule has 0 aromatic heterocycles. The fraction of sp³-hybridized carbons (Fsp3) is 0.455. The van der Waals surface area contributed by atoms with Crippen molar-refractivity contribution in [1.82, 2.24) is 0 Å². The highest BCUT2D eigenvalue weighted by atomic mass is 16.5. The van der Waals surface area contributed by atoms with E-state index in [1.165, 1.54) is 0 Å². The molecule has 0 amide bonds. The fourth-order valence-corrected chi connectivity index (χ4v) is 1.63. The molecule has 0 fully saturated rings. The Morgan fingerprint density at radius 1 is 1.50 bits per heavy atom. The number of benzene rings is 1. The van der Waals surface area contributed by atoms with Crippen LogP contribution >= 0.6 is 0 Å². The zero-order valence-electron chi connectivity index (χ0n) is 8.53. The highest BCUT2D eigenvalue weighted by Crippen LogP contribution is 2.32. The van der Waals surface area contributed by atoms with Crippen LogP contribution in [0.3, 0.4) is 0 Å². The van der Waals surface area contributed by atoms with E-state index in [9.17, 15) is 5.11 Å². The summed E-state index contributed by atoms with van der Waals surface area (Å²) in [5.41, 5.74) is 2.00. The number of aliphatic hydroxyl groups excluding tert-OH is 1. The van der Waals surface area contributed by atoms with E-state index < -0.39 is 6.10 Å². The largest absolute Gasteiger partial charge is 0.490 e. The number of rotatable bonds is 1. The number of ether oxygens (including phenoxy) is 1. The number of nitrogens with zero attached hydrogens (tertiary/aromatic N) is 1. The van der Waals surface area contributed by atoms with E-state index in [4.69, 9.17) is 4.74 Å². The molecule has 1 aliphatic rings. The molecule has 0 saturated heterocycles. The van der Waals surface area contributed by atoms with Gasteiger partial charge < -0.3 is 14.7 Å². The number of aliphatic hydroxyl groups is 1. The molecular weight excluding hydrogens is 178 g/mol. The van der Waals surface area contributed by atoms with E-state index in [-0.39, 0.29) is 0 Å². The molecular formula is C11H15NO2. The molecule has 1 atom stereocenters. The fourth-order valence-electron chi connectivity index (χ4n) is 1.63. The van der Waals surface area contributed by atoms with Crippen molar-refractivity contribution in [2.24, 2.45) is 0 Å². The third-order valence-corrected chi connectivity index (χ3v) is 2.56. The standard InChI is InChI=1S/C11H15NO2/c1-8(13)9-3-4-11-10(7-9)12(2)5-6-14-11/h3-4,7-8,13H,5-6H2,1-2H3. The summed E-state index contributed by atoms with van der Waals surface area (Å²) in [5.74, 6) is 0.906. The van der Waals surface area contributed by atoms with Crippen LogP contribution in [0.2, 0.25) is 0 Å². The molecule has 1 unspecified atom stereocenters. The highest BCUT2D eigenvalue weighted by molar-refractivity contribution is 5.61. The molecule has 0 saturated carbocycles. The van der Waals surface area contributed by atoms with Gasteiger partial charge in [-0.3, -0.25) is 0 Å². The first-order valence-electron chi connectivity index (χ1n) is 4.84. The molecule has 1 heterocycles. The van der Waals surface area contributed by atoms with Gasteiger partial charge in [-0.25, -0.2) is 0 Å². The molecule has 3 heteroatoms. The molecule has 1 aromatic rings. The second kappa shape index (κ2) is 3.50. The molecule has 76 valence electrons. The van der Waals surface area contributed by atoms with Gasteiger partial charge >= 0.3 is 0 Å². The summed E-state index contributed by atoms with van der Waals surface area (Å²) in [5, 5.41) is 9.45. The van der Waals surface area contributed by atoms with E-state index in [1.807, 2.05) is 25.2 Å². The molecule has 1 aliphatic heterocycles. The second-order valence-corrected chi connectivity index (χ2v) is 3.67. The van der Waals surface area contributed by atoms with Gasteiger partial charge in [0, 0.05) is 7.05 Å². The molecule has 2 rings (SSSR count). The van der Waals surface area contributed by atoms with Crippen molar-refractivity contribution in [3.8, 4) is 5.75 Å². The van der Waals surface area contributed by atoms with Crippen LogP contribution in [0.4, 0.5) is 5.69 Å². The smallest absolute Gasteiger partial charge is 0.142 e. The van der Waals surface area contributed by atoms with Gasteiger partial charge in [0.05, 0.1) is 18.3 Å². The zero-order valence-corrected chi connectivity index (χ0v) is 8.53. The van der Waals surface area contributed by atoms with Crippen molar-refractivity contribution in [2.45, 2.75) is 13.0 Å². The number of likely N-dealkylation sites (N-methyl/N-ethyl adjacent to an activating group) is 1. The Hall–Kier alpha value is -1.22. The van der Waals surface area contributed by atoms with Crippen LogP contribution < -0.4 is 9.64 Å². The Labute approximate surface area is 83.9 Å². The first-order valence-corrected chi connectivity index (χ1v) is 4.84. The number of hydrogen-bond donors (Lipinski definition) is 1. The minimum atomic E-state index is -0.421. The maximum Gasteiger partial charge on any atom is 0.142 e. The van der Waals surface area contributed by atoms with E-state index >= 15 is 0 Å². The Morgan fingerprint density at radius 3 is 3.00 bits per heavy atom. The van der Waals surface area contributed by atoms with Gasteiger partial charge in [0.1, 0.15) is 12.4 Å². The first-order chi connectivity index (χ1) is 6.68. The van der Waals surface area contributed by atoms with Crippen molar-refractivity contribution >= 4 is 5.69 Å². The second-order valence-electron chi connectivity index (χ2n) is 3.67. The van der Waals surface area contributed by atoms with Crippen LogP contribution in [0.5, 0.6) is 5.75 Å². The molecule has 14 heavy (non-hydrogen) atoms. The molecule has 1 aromatic carbocycles. The molecule has 1 N–H and O–H groups in total. The third-order valence-electron chi connectivity index (χ3n) is 2.56.